The molecule has 0 aliphatic heterocycles. The summed E-state index contributed by atoms with van der Waals surface area (Å²) in [7, 11) is -2.08. The Labute approximate surface area is 131 Å². The monoisotopic (exact) mass is 249 g/mol. The van der Waals surface area contributed by atoms with Crippen LogP contribution in [0.1, 0.15) is 41.0 Å². The van der Waals surface area contributed by atoms with E-state index in [1.165, 1.54) is 0 Å². The molecule has 0 amide bonds. The van der Waals surface area contributed by atoms with Crippen LogP contribution >= 0.6 is 8.25 Å². The Morgan fingerprint density at radius 1 is 1.14 bits per heavy atom. The SMILES string of the molecule is CCCCOO[P+](=O)OCCCC.[H-].[K+]. The van der Waals surface area contributed by atoms with Gasteiger partial charge < -0.3 is 1.43 Å². The Morgan fingerprint density at radius 2 is 1.71 bits per heavy atom. The van der Waals surface area contributed by atoms with Crippen molar-refractivity contribution in [2.75, 3.05) is 13.2 Å². The average Bonchev–Trinajstić information content (AvgIpc) is 2.13. The van der Waals surface area contributed by atoms with Crippen molar-refractivity contribution in [1.82, 2.24) is 0 Å². The first-order valence-electron chi connectivity index (χ1n) is 4.71. The minimum Gasteiger partial charge on any atom is -1.00 e. The zero-order chi connectivity index (χ0) is 9.94. The third kappa shape index (κ3) is 13.6. The van der Waals surface area contributed by atoms with Crippen molar-refractivity contribution in [3.63, 3.8) is 0 Å². The quantitative estimate of drug-likeness (QED) is 0.194. The Kier molecular flexibility index (Phi) is 18.8. The smallest absolute Gasteiger partial charge is 1.00 e. The van der Waals surface area contributed by atoms with Crippen molar-refractivity contribution < 1.29 is 71.5 Å². The number of hydrogen-bond acceptors (Lipinski definition) is 4. The van der Waals surface area contributed by atoms with E-state index in [-0.39, 0.29) is 52.8 Å². The van der Waals surface area contributed by atoms with Gasteiger partial charge in [-0.25, -0.2) is 0 Å². The van der Waals surface area contributed by atoms with Crippen molar-refractivity contribution in [1.29, 1.82) is 0 Å². The second kappa shape index (κ2) is 14.6. The van der Waals surface area contributed by atoms with Crippen LogP contribution in [0.4, 0.5) is 0 Å². The molecule has 0 bridgehead atoms. The third-order valence-corrected chi connectivity index (χ3v) is 2.01. The molecule has 0 saturated heterocycles. The van der Waals surface area contributed by atoms with E-state index in [1.54, 1.807) is 0 Å². The van der Waals surface area contributed by atoms with Gasteiger partial charge in [0.15, 0.2) is 0 Å². The Bertz CT molecular complexity index is 140. The molecule has 4 nitrogen and oxygen atoms in total. The zero-order valence-electron chi connectivity index (χ0n) is 10.3. The van der Waals surface area contributed by atoms with Gasteiger partial charge in [0, 0.05) is 4.57 Å². The normalized spacial score (nSPS) is 10.9. The molecule has 0 aromatic rings. The predicted molar refractivity (Wildman–Crippen MR) is 51.5 cm³/mol. The predicted octanol–water partition coefficient (Wildman–Crippen LogP) is 0.325. The molecule has 14 heavy (non-hydrogen) atoms. The summed E-state index contributed by atoms with van der Waals surface area (Å²) < 4.78 is 20.2. The van der Waals surface area contributed by atoms with Gasteiger partial charge in [-0.05, 0) is 12.8 Å². The fraction of sp³-hybridized carbons (Fsp3) is 1.00. The molecule has 0 aromatic heterocycles. The van der Waals surface area contributed by atoms with Crippen molar-refractivity contribution in [2.45, 2.75) is 39.5 Å². The van der Waals surface area contributed by atoms with E-state index < -0.39 is 8.25 Å². The summed E-state index contributed by atoms with van der Waals surface area (Å²) in [5.41, 5.74) is 0. The summed E-state index contributed by atoms with van der Waals surface area (Å²) in [6, 6.07) is 0. The summed E-state index contributed by atoms with van der Waals surface area (Å²) in [5, 5.41) is 0. The van der Waals surface area contributed by atoms with Crippen molar-refractivity contribution in [3.8, 4) is 0 Å². The summed E-state index contributed by atoms with van der Waals surface area (Å²) >= 11 is 0. The first kappa shape index (κ1) is 18.0. The molecule has 0 spiro atoms. The van der Waals surface area contributed by atoms with Gasteiger partial charge in [-0.1, -0.05) is 26.7 Å². The molecule has 0 N–H and O–H groups in total. The molecule has 0 aromatic carbocycles. The fourth-order valence-corrected chi connectivity index (χ4v) is 1.07. The third-order valence-electron chi connectivity index (χ3n) is 1.39. The van der Waals surface area contributed by atoms with Gasteiger partial charge in [0.25, 0.3) is 0 Å². The standard InChI is InChI=1S/C8H18O4P.K.H/c1-3-5-7-10-12-13(9)11-8-6-4-2;;/h3-8H2,1-2H3;;/q2*+1;-1. The van der Waals surface area contributed by atoms with Crippen LogP contribution in [0.3, 0.4) is 0 Å². The van der Waals surface area contributed by atoms with Gasteiger partial charge in [0.1, 0.15) is 6.61 Å². The van der Waals surface area contributed by atoms with E-state index in [0.717, 1.165) is 25.7 Å². The van der Waals surface area contributed by atoms with Crippen LogP contribution in [0.25, 0.3) is 0 Å². The van der Waals surface area contributed by atoms with Gasteiger partial charge in [-0.3, -0.25) is 0 Å². The van der Waals surface area contributed by atoms with Crippen LogP contribution in [-0.2, 0) is 18.7 Å². The van der Waals surface area contributed by atoms with Crippen LogP contribution in [0.15, 0.2) is 0 Å². The van der Waals surface area contributed by atoms with E-state index in [2.05, 4.69) is 9.56 Å². The molecule has 6 heteroatoms. The molecule has 0 saturated carbocycles. The topological polar surface area (TPSA) is 44.8 Å². The molecule has 0 rings (SSSR count). The van der Waals surface area contributed by atoms with Crippen molar-refractivity contribution >= 4 is 8.25 Å². The number of rotatable bonds is 9. The Morgan fingerprint density at radius 3 is 2.29 bits per heavy atom. The summed E-state index contributed by atoms with van der Waals surface area (Å²) in [6.45, 7) is 5.01. The van der Waals surface area contributed by atoms with Crippen molar-refractivity contribution in [2.24, 2.45) is 0 Å². The Hall–Kier alpha value is 1.62. The molecular formula is C8H19KO4P+. The van der Waals surface area contributed by atoms with E-state index >= 15 is 0 Å². The fourth-order valence-electron chi connectivity index (χ4n) is 0.589. The average molecular weight is 249 g/mol. The van der Waals surface area contributed by atoms with E-state index in [1.807, 2.05) is 13.8 Å². The van der Waals surface area contributed by atoms with Gasteiger partial charge >= 0.3 is 59.6 Å². The van der Waals surface area contributed by atoms with Gasteiger partial charge in [-0.15, -0.1) is 4.52 Å². The Balaban J connectivity index is -0.000000720. The molecule has 0 radical (unpaired) electrons. The second-order valence-electron chi connectivity index (χ2n) is 2.66. The second-order valence-corrected chi connectivity index (χ2v) is 3.51. The first-order chi connectivity index (χ1) is 6.31. The van der Waals surface area contributed by atoms with Gasteiger partial charge in [0.2, 0.25) is 0 Å². The minimum atomic E-state index is -2.08. The van der Waals surface area contributed by atoms with Crippen LogP contribution in [0, 0.1) is 0 Å². The first-order valence-corrected chi connectivity index (χ1v) is 5.80. The summed E-state index contributed by atoms with van der Waals surface area (Å²) in [6.07, 6.45) is 3.83. The molecule has 0 fully saturated rings. The minimum absolute atomic E-state index is 0. The van der Waals surface area contributed by atoms with E-state index in [0.29, 0.717) is 13.2 Å². The molecule has 1 atom stereocenters. The zero-order valence-corrected chi connectivity index (χ0v) is 13.3. The molecule has 1 unspecified atom stereocenters. The van der Waals surface area contributed by atoms with E-state index in [4.69, 9.17) is 4.52 Å². The van der Waals surface area contributed by atoms with Crippen LogP contribution in [0.2, 0.25) is 0 Å². The molecule has 0 aliphatic carbocycles. The maximum Gasteiger partial charge on any atom is 1.00 e. The van der Waals surface area contributed by atoms with Crippen LogP contribution in [0.5, 0.6) is 0 Å². The molecular weight excluding hydrogens is 230 g/mol. The van der Waals surface area contributed by atoms with Crippen LogP contribution < -0.4 is 51.4 Å². The largest absolute Gasteiger partial charge is 1.00 e. The molecule has 80 valence electrons. The van der Waals surface area contributed by atoms with E-state index in [9.17, 15) is 4.57 Å². The summed E-state index contributed by atoms with van der Waals surface area (Å²) in [5.74, 6) is 0. The molecule has 0 heterocycles. The van der Waals surface area contributed by atoms with Gasteiger partial charge in [-0.2, -0.15) is 4.89 Å². The van der Waals surface area contributed by atoms with Crippen molar-refractivity contribution in [3.05, 3.63) is 0 Å². The summed E-state index contributed by atoms with van der Waals surface area (Å²) in [4.78, 5) is 4.66. The van der Waals surface area contributed by atoms with Crippen LogP contribution in [-0.4, -0.2) is 13.2 Å². The maximum atomic E-state index is 10.9. The maximum absolute atomic E-state index is 10.9. The van der Waals surface area contributed by atoms with Gasteiger partial charge in [0.05, 0.1) is 11.3 Å². The number of unbranched alkanes of at least 4 members (excludes halogenated alkanes) is 2. The molecule has 0 aliphatic rings. The number of hydrogen-bond donors (Lipinski definition) is 0.